The minimum absolute atomic E-state index is 0.654. The minimum Gasteiger partial charge on any atom is -0.208 e. The lowest BCUT2D eigenvalue weighted by atomic mass is 9.94. The van der Waals surface area contributed by atoms with Gasteiger partial charge in [-0.3, -0.25) is 0 Å². The SMILES string of the molecule is c1ccc(-c2nc(-c3ccc4ccc5ccccc5c4c3)nc(-c3cccc4ccc(-c5cccc6ccccc56)cc34)n2)cc1. The number of fused-ring (bicyclic) bond motifs is 5. The molecule has 3 heteroatoms. The van der Waals surface area contributed by atoms with E-state index in [0.717, 1.165) is 33.0 Å². The molecule has 0 bridgehead atoms. The maximum atomic E-state index is 5.17. The van der Waals surface area contributed by atoms with Crippen molar-refractivity contribution in [3.05, 3.63) is 164 Å². The lowest BCUT2D eigenvalue weighted by molar-refractivity contribution is 1.08. The molecule has 9 rings (SSSR count). The average molecular weight is 586 g/mol. The number of rotatable bonds is 4. The summed E-state index contributed by atoms with van der Waals surface area (Å²) >= 11 is 0. The number of hydrogen-bond acceptors (Lipinski definition) is 3. The van der Waals surface area contributed by atoms with Gasteiger partial charge in [-0.05, 0) is 66.3 Å². The van der Waals surface area contributed by atoms with Gasteiger partial charge in [-0.2, -0.15) is 0 Å². The largest absolute Gasteiger partial charge is 0.208 e. The van der Waals surface area contributed by atoms with Crippen LogP contribution in [0.1, 0.15) is 0 Å². The molecule has 0 unspecified atom stereocenters. The van der Waals surface area contributed by atoms with E-state index in [1.807, 2.05) is 18.2 Å². The molecule has 0 aliphatic carbocycles. The van der Waals surface area contributed by atoms with E-state index in [4.69, 9.17) is 15.0 Å². The topological polar surface area (TPSA) is 38.7 Å². The zero-order valence-electron chi connectivity index (χ0n) is 24.9. The van der Waals surface area contributed by atoms with Crippen LogP contribution in [-0.4, -0.2) is 15.0 Å². The highest BCUT2D eigenvalue weighted by Gasteiger charge is 2.16. The zero-order chi connectivity index (χ0) is 30.5. The van der Waals surface area contributed by atoms with Gasteiger partial charge >= 0.3 is 0 Å². The molecule has 0 saturated heterocycles. The standard InChI is InChI=1S/C43H27N3/c1-2-12-32(13-3-1)41-44-42(34-25-23-31-21-20-29-11-5-7-17-36(29)39(31)27-34)46-43(45-41)38-19-9-15-30-22-24-33(26-40(30)38)37-18-8-14-28-10-4-6-16-35(28)37/h1-27H. The Morgan fingerprint density at radius 3 is 1.54 bits per heavy atom. The molecule has 0 aliphatic heterocycles. The van der Waals surface area contributed by atoms with E-state index in [9.17, 15) is 0 Å². The monoisotopic (exact) mass is 585 g/mol. The van der Waals surface area contributed by atoms with E-state index in [1.54, 1.807) is 0 Å². The molecule has 46 heavy (non-hydrogen) atoms. The molecular formula is C43H27N3. The van der Waals surface area contributed by atoms with Gasteiger partial charge in [0.15, 0.2) is 17.5 Å². The second-order valence-corrected chi connectivity index (χ2v) is 11.7. The van der Waals surface area contributed by atoms with Crippen LogP contribution < -0.4 is 0 Å². The van der Waals surface area contributed by atoms with Crippen LogP contribution in [0.4, 0.5) is 0 Å². The Kier molecular flexibility index (Phi) is 6.14. The van der Waals surface area contributed by atoms with Gasteiger partial charge in [0.1, 0.15) is 0 Å². The first-order valence-electron chi connectivity index (χ1n) is 15.5. The van der Waals surface area contributed by atoms with Gasteiger partial charge < -0.3 is 0 Å². The third-order valence-corrected chi connectivity index (χ3v) is 8.90. The average Bonchev–Trinajstić information content (AvgIpc) is 3.14. The highest BCUT2D eigenvalue weighted by atomic mass is 15.0. The Morgan fingerprint density at radius 2 is 0.761 bits per heavy atom. The van der Waals surface area contributed by atoms with Gasteiger partial charge in [0.2, 0.25) is 0 Å². The van der Waals surface area contributed by atoms with Crippen molar-refractivity contribution in [2.45, 2.75) is 0 Å². The molecular weight excluding hydrogens is 558 g/mol. The Morgan fingerprint density at radius 1 is 0.261 bits per heavy atom. The summed E-state index contributed by atoms with van der Waals surface area (Å²) in [6.45, 7) is 0. The quantitative estimate of drug-likeness (QED) is 0.193. The van der Waals surface area contributed by atoms with E-state index in [2.05, 4.69) is 146 Å². The highest BCUT2D eigenvalue weighted by molar-refractivity contribution is 6.08. The van der Waals surface area contributed by atoms with Gasteiger partial charge in [0.25, 0.3) is 0 Å². The second-order valence-electron chi connectivity index (χ2n) is 11.7. The fraction of sp³-hybridized carbons (Fsp3) is 0. The molecule has 9 aromatic rings. The predicted octanol–water partition coefficient (Wildman–Crippen LogP) is 11.2. The maximum Gasteiger partial charge on any atom is 0.164 e. The molecule has 0 atom stereocenters. The van der Waals surface area contributed by atoms with Crippen LogP contribution in [0.5, 0.6) is 0 Å². The summed E-state index contributed by atoms with van der Waals surface area (Å²) < 4.78 is 0. The van der Waals surface area contributed by atoms with Crippen LogP contribution in [0.15, 0.2) is 164 Å². The van der Waals surface area contributed by atoms with E-state index in [-0.39, 0.29) is 0 Å². The van der Waals surface area contributed by atoms with E-state index >= 15 is 0 Å². The van der Waals surface area contributed by atoms with Gasteiger partial charge in [-0.15, -0.1) is 0 Å². The van der Waals surface area contributed by atoms with Crippen molar-refractivity contribution in [2.24, 2.45) is 0 Å². The summed E-state index contributed by atoms with van der Waals surface area (Å²) in [5.41, 5.74) is 5.26. The van der Waals surface area contributed by atoms with Crippen LogP contribution in [0.25, 0.3) is 88.4 Å². The summed E-state index contributed by atoms with van der Waals surface area (Å²) in [7, 11) is 0. The maximum absolute atomic E-state index is 5.17. The molecule has 1 aromatic heterocycles. The fourth-order valence-corrected chi connectivity index (χ4v) is 6.60. The molecule has 0 N–H and O–H groups in total. The normalized spacial score (nSPS) is 11.5. The smallest absolute Gasteiger partial charge is 0.164 e. The molecule has 0 saturated carbocycles. The molecule has 0 spiro atoms. The first-order chi connectivity index (χ1) is 22.8. The number of hydrogen-bond donors (Lipinski definition) is 0. The van der Waals surface area contributed by atoms with Gasteiger partial charge in [0.05, 0.1) is 0 Å². The van der Waals surface area contributed by atoms with E-state index in [1.165, 1.54) is 37.9 Å². The van der Waals surface area contributed by atoms with Crippen molar-refractivity contribution >= 4 is 43.1 Å². The third-order valence-electron chi connectivity index (χ3n) is 8.90. The zero-order valence-corrected chi connectivity index (χ0v) is 24.9. The summed E-state index contributed by atoms with van der Waals surface area (Å²) in [4.78, 5) is 15.3. The Hall–Kier alpha value is -6.19. The molecule has 1 heterocycles. The highest BCUT2D eigenvalue weighted by Crippen LogP contribution is 2.36. The van der Waals surface area contributed by atoms with Crippen molar-refractivity contribution in [3.63, 3.8) is 0 Å². The van der Waals surface area contributed by atoms with Crippen molar-refractivity contribution in [2.75, 3.05) is 0 Å². The predicted molar refractivity (Wildman–Crippen MR) is 192 cm³/mol. The molecule has 0 fully saturated rings. The number of nitrogens with zero attached hydrogens (tertiary/aromatic N) is 3. The fourth-order valence-electron chi connectivity index (χ4n) is 6.60. The number of benzene rings is 8. The van der Waals surface area contributed by atoms with E-state index in [0.29, 0.717) is 17.5 Å². The number of aromatic nitrogens is 3. The van der Waals surface area contributed by atoms with Crippen LogP contribution in [0.3, 0.4) is 0 Å². The molecule has 8 aromatic carbocycles. The molecule has 0 aliphatic rings. The Bertz CT molecular complexity index is 2580. The first kappa shape index (κ1) is 26.2. The lowest BCUT2D eigenvalue weighted by Gasteiger charge is -2.13. The van der Waals surface area contributed by atoms with Crippen molar-refractivity contribution in [1.29, 1.82) is 0 Å². The van der Waals surface area contributed by atoms with Crippen molar-refractivity contribution < 1.29 is 0 Å². The third kappa shape index (κ3) is 4.49. The molecule has 214 valence electrons. The van der Waals surface area contributed by atoms with Gasteiger partial charge in [-0.25, -0.2) is 15.0 Å². The Labute approximate surface area is 266 Å². The lowest BCUT2D eigenvalue weighted by Crippen LogP contribution is -2.00. The minimum atomic E-state index is 0.654. The summed E-state index contributed by atoms with van der Waals surface area (Å²) in [5.74, 6) is 1.96. The summed E-state index contributed by atoms with van der Waals surface area (Å²) in [6, 6.07) is 57.6. The van der Waals surface area contributed by atoms with Crippen LogP contribution in [0, 0.1) is 0 Å². The first-order valence-corrected chi connectivity index (χ1v) is 15.5. The molecule has 0 amide bonds. The summed E-state index contributed by atoms with van der Waals surface area (Å²) in [5, 5.41) is 9.51. The van der Waals surface area contributed by atoms with Crippen molar-refractivity contribution in [1.82, 2.24) is 15.0 Å². The van der Waals surface area contributed by atoms with Gasteiger partial charge in [0, 0.05) is 16.7 Å². The van der Waals surface area contributed by atoms with Gasteiger partial charge in [-0.1, -0.05) is 152 Å². The molecule has 0 radical (unpaired) electrons. The van der Waals surface area contributed by atoms with Crippen LogP contribution >= 0.6 is 0 Å². The van der Waals surface area contributed by atoms with Crippen molar-refractivity contribution in [3.8, 4) is 45.3 Å². The second kappa shape index (κ2) is 10.8. The molecule has 3 nitrogen and oxygen atoms in total. The summed E-state index contributed by atoms with van der Waals surface area (Å²) in [6.07, 6.45) is 0. The van der Waals surface area contributed by atoms with Crippen LogP contribution in [0.2, 0.25) is 0 Å². The van der Waals surface area contributed by atoms with Crippen LogP contribution in [-0.2, 0) is 0 Å². The van der Waals surface area contributed by atoms with E-state index < -0.39 is 0 Å². The Balaban J connectivity index is 1.27.